The van der Waals surface area contributed by atoms with Gasteiger partial charge < -0.3 is 4.90 Å². The van der Waals surface area contributed by atoms with Crippen LogP contribution in [0.15, 0.2) is 24.5 Å². The van der Waals surface area contributed by atoms with Gasteiger partial charge in [0.05, 0.1) is 0 Å². The maximum atomic E-state index is 12.3. The van der Waals surface area contributed by atoms with Crippen LogP contribution in [0.3, 0.4) is 0 Å². The molecular weight excluding hydrogens is 238 g/mol. The molecule has 0 aliphatic carbocycles. The summed E-state index contributed by atoms with van der Waals surface area (Å²) in [4.78, 5) is 20.8. The highest BCUT2D eigenvalue weighted by Crippen LogP contribution is 2.25. The molecule has 0 radical (unpaired) electrons. The number of piperidine rings is 1. The Hall–Kier alpha value is -1.42. The van der Waals surface area contributed by atoms with Crippen molar-refractivity contribution in [3.8, 4) is 0 Å². The number of aromatic nitrogens is 1. The number of hydrogen-bond donors (Lipinski definition) is 0. The average Bonchev–Trinajstić information content (AvgIpc) is 2.44. The highest BCUT2D eigenvalue weighted by molar-refractivity contribution is 5.94. The molecule has 1 aromatic heterocycles. The molecule has 0 bridgehead atoms. The van der Waals surface area contributed by atoms with Gasteiger partial charge in [0.2, 0.25) is 0 Å². The van der Waals surface area contributed by atoms with E-state index >= 15 is 0 Å². The molecule has 0 N–H and O–H groups in total. The minimum absolute atomic E-state index is 0.151. The maximum absolute atomic E-state index is 12.3. The number of likely N-dealkylation sites (tertiary alicyclic amines) is 2. The predicted molar refractivity (Wildman–Crippen MR) is 73.9 cm³/mol. The first-order valence-electron chi connectivity index (χ1n) is 7.17. The SMILES string of the molecule is CC1CN(C2CCN(C(=O)c3ccncc3)CC2)C1. The highest BCUT2D eigenvalue weighted by atomic mass is 16.2. The smallest absolute Gasteiger partial charge is 0.253 e. The van der Waals surface area contributed by atoms with Crippen molar-refractivity contribution in [2.75, 3.05) is 26.2 Å². The maximum Gasteiger partial charge on any atom is 0.253 e. The van der Waals surface area contributed by atoms with Crippen molar-refractivity contribution in [2.45, 2.75) is 25.8 Å². The van der Waals surface area contributed by atoms with Gasteiger partial charge in [-0.2, -0.15) is 0 Å². The zero-order chi connectivity index (χ0) is 13.2. The molecule has 0 unspecified atom stereocenters. The standard InChI is InChI=1S/C15H21N3O/c1-12-10-18(11-12)14-4-8-17(9-5-14)15(19)13-2-6-16-7-3-13/h2-3,6-7,12,14H,4-5,8-11H2,1H3. The molecular formula is C15H21N3O. The number of carbonyl (C=O) groups is 1. The molecule has 3 rings (SSSR count). The Labute approximate surface area is 114 Å². The second kappa shape index (κ2) is 5.29. The quantitative estimate of drug-likeness (QED) is 0.810. The van der Waals surface area contributed by atoms with Crippen molar-refractivity contribution in [3.05, 3.63) is 30.1 Å². The molecule has 1 aromatic rings. The molecule has 4 heteroatoms. The molecule has 3 heterocycles. The Morgan fingerprint density at radius 1 is 1.21 bits per heavy atom. The first kappa shape index (κ1) is 12.6. The fourth-order valence-corrected chi connectivity index (χ4v) is 3.16. The molecule has 2 aliphatic heterocycles. The lowest BCUT2D eigenvalue weighted by Gasteiger charge is -2.46. The van der Waals surface area contributed by atoms with E-state index in [1.54, 1.807) is 24.5 Å². The number of rotatable bonds is 2. The molecule has 2 saturated heterocycles. The minimum Gasteiger partial charge on any atom is -0.339 e. The summed E-state index contributed by atoms with van der Waals surface area (Å²) in [5, 5.41) is 0. The monoisotopic (exact) mass is 259 g/mol. The predicted octanol–water partition coefficient (Wildman–Crippen LogP) is 1.64. The van der Waals surface area contributed by atoms with Gasteiger partial charge in [-0.15, -0.1) is 0 Å². The number of carbonyl (C=O) groups excluding carboxylic acids is 1. The Balaban J connectivity index is 1.54. The van der Waals surface area contributed by atoms with Crippen molar-refractivity contribution >= 4 is 5.91 Å². The third-order valence-corrected chi connectivity index (χ3v) is 4.29. The average molecular weight is 259 g/mol. The number of pyridine rings is 1. The fourth-order valence-electron chi connectivity index (χ4n) is 3.16. The van der Waals surface area contributed by atoms with Gasteiger partial charge in [-0.25, -0.2) is 0 Å². The zero-order valence-electron chi connectivity index (χ0n) is 11.5. The molecule has 1 amide bonds. The van der Waals surface area contributed by atoms with Gasteiger partial charge >= 0.3 is 0 Å². The molecule has 2 aliphatic rings. The first-order valence-corrected chi connectivity index (χ1v) is 7.17. The van der Waals surface area contributed by atoms with E-state index < -0.39 is 0 Å². The Kier molecular flexibility index (Phi) is 3.51. The van der Waals surface area contributed by atoms with E-state index in [9.17, 15) is 4.79 Å². The van der Waals surface area contributed by atoms with Crippen LogP contribution in [-0.2, 0) is 0 Å². The van der Waals surface area contributed by atoms with Crippen LogP contribution in [0.1, 0.15) is 30.1 Å². The summed E-state index contributed by atoms with van der Waals surface area (Å²) in [5.41, 5.74) is 0.756. The molecule has 19 heavy (non-hydrogen) atoms. The Morgan fingerprint density at radius 3 is 2.42 bits per heavy atom. The lowest BCUT2D eigenvalue weighted by Crippen LogP contribution is -2.54. The summed E-state index contributed by atoms with van der Waals surface area (Å²) < 4.78 is 0. The lowest BCUT2D eigenvalue weighted by atomic mass is 9.94. The highest BCUT2D eigenvalue weighted by Gasteiger charge is 2.32. The summed E-state index contributed by atoms with van der Waals surface area (Å²) in [6, 6.07) is 4.29. The van der Waals surface area contributed by atoms with Gasteiger partial charge in [0.1, 0.15) is 0 Å². The van der Waals surface area contributed by atoms with Gasteiger partial charge in [-0.05, 0) is 30.9 Å². The van der Waals surface area contributed by atoms with Crippen LogP contribution in [-0.4, -0.2) is 52.9 Å². The number of amides is 1. The van der Waals surface area contributed by atoms with Crippen LogP contribution in [0.2, 0.25) is 0 Å². The van der Waals surface area contributed by atoms with Gasteiger partial charge in [-0.3, -0.25) is 14.7 Å². The van der Waals surface area contributed by atoms with Crippen LogP contribution >= 0.6 is 0 Å². The van der Waals surface area contributed by atoms with E-state index in [0.29, 0.717) is 6.04 Å². The third-order valence-electron chi connectivity index (χ3n) is 4.29. The van der Waals surface area contributed by atoms with Gasteiger partial charge in [0.15, 0.2) is 0 Å². The van der Waals surface area contributed by atoms with Crippen LogP contribution in [0.4, 0.5) is 0 Å². The number of nitrogens with zero attached hydrogens (tertiary/aromatic N) is 3. The van der Waals surface area contributed by atoms with Gasteiger partial charge in [0, 0.05) is 50.2 Å². The molecule has 4 nitrogen and oxygen atoms in total. The van der Waals surface area contributed by atoms with Crippen LogP contribution < -0.4 is 0 Å². The van der Waals surface area contributed by atoms with Crippen LogP contribution in [0.5, 0.6) is 0 Å². The van der Waals surface area contributed by atoms with Crippen molar-refractivity contribution in [3.63, 3.8) is 0 Å². The van der Waals surface area contributed by atoms with E-state index in [1.165, 1.54) is 13.1 Å². The van der Waals surface area contributed by atoms with E-state index in [1.807, 2.05) is 4.90 Å². The van der Waals surface area contributed by atoms with E-state index in [-0.39, 0.29) is 5.91 Å². The zero-order valence-corrected chi connectivity index (χ0v) is 11.5. The van der Waals surface area contributed by atoms with E-state index in [4.69, 9.17) is 0 Å². The summed E-state index contributed by atoms with van der Waals surface area (Å²) in [5.74, 6) is 1.01. The molecule has 0 atom stereocenters. The largest absolute Gasteiger partial charge is 0.339 e. The third kappa shape index (κ3) is 2.63. The van der Waals surface area contributed by atoms with Crippen molar-refractivity contribution in [1.82, 2.24) is 14.8 Å². The Bertz CT molecular complexity index is 434. The summed E-state index contributed by atoms with van der Waals surface area (Å²) in [6.07, 6.45) is 5.59. The molecule has 0 aromatic carbocycles. The molecule has 0 saturated carbocycles. The molecule has 2 fully saturated rings. The topological polar surface area (TPSA) is 36.4 Å². The van der Waals surface area contributed by atoms with Crippen molar-refractivity contribution < 1.29 is 4.79 Å². The van der Waals surface area contributed by atoms with E-state index in [2.05, 4.69) is 16.8 Å². The van der Waals surface area contributed by atoms with Gasteiger partial charge in [0.25, 0.3) is 5.91 Å². The summed E-state index contributed by atoms with van der Waals surface area (Å²) in [6.45, 7) is 6.55. The lowest BCUT2D eigenvalue weighted by molar-refractivity contribution is 0.0248. The van der Waals surface area contributed by atoms with Crippen molar-refractivity contribution in [1.29, 1.82) is 0 Å². The van der Waals surface area contributed by atoms with E-state index in [0.717, 1.165) is 37.4 Å². The van der Waals surface area contributed by atoms with Gasteiger partial charge in [-0.1, -0.05) is 6.92 Å². The molecule has 0 spiro atoms. The second-order valence-corrected chi connectivity index (χ2v) is 5.82. The van der Waals surface area contributed by atoms with Crippen LogP contribution in [0.25, 0.3) is 0 Å². The molecule has 102 valence electrons. The second-order valence-electron chi connectivity index (χ2n) is 5.82. The van der Waals surface area contributed by atoms with Crippen LogP contribution in [0, 0.1) is 5.92 Å². The minimum atomic E-state index is 0.151. The fraction of sp³-hybridized carbons (Fsp3) is 0.600. The summed E-state index contributed by atoms with van der Waals surface area (Å²) >= 11 is 0. The summed E-state index contributed by atoms with van der Waals surface area (Å²) in [7, 11) is 0. The first-order chi connectivity index (χ1) is 9.24. The number of hydrogen-bond acceptors (Lipinski definition) is 3. The Morgan fingerprint density at radius 2 is 1.84 bits per heavy atom. The van der Waals surface area contributed by atoms with Crippen molar-refractivity contribution in [2.24, 2.45) is 5.92 Å². The normalized spacial score (nSPS) is 22.3.